The maximum atomic E-state index is 13.8. The van der Waals surface area contributed by atoms with Crippen molar-refractivity contribution in [3.05, 3.63) is 58.3 Å². The van der Waals surface area contributed by atoms with Crippen LogP contribution in [-0.2, 0) is 6.42 Å². The van der Waals surface area contributed by atoms with Crippen molar-refractivity contribution < 1.29 is 8.91 Å². The number of nitriles is 1. The summed E-state index contributed by atoms with van der Waals surface area (Å²) in [6.45, 7) is 0. The molecule has 0 atom stereocenters. The summed E-state index contributed by atoms with van der Waals surface area (Å²) in [5.74, 6) is 0.0883. The molecule has 0 saturated carbocycles. The number of hydrogen-bond donors (Lipinski definition) is 1. The minimum absolute atomic E-state index is 0.0549. The molecule has 2 heterocycles. The summed E-state index contributed by atoms with van der Waals surface area (Å²) in [6.07, 6.45) is 0.168. The normalized spacial score (nSPS) is 10.5. The molecule has 0 radical (unpaired) electrons. The van der Waals surface area contributed by atoms with Crippen molar-refractivity contribution in [2.24, 2.45) is 0 Å². The molecule has 0 amide bonds. The molecule has 0 unspecified atom stereocenters. The van der Waals surface area contributed by atoms with E-state index in [1.54, 1.807) is 24.3 Å². The fraction of sp³-hybridized carbons (Fsp3) is 0.0714. The van der Waals surface area contributed by atoms with E-state index in [1.165, 1.54) is 6.07 Å². The Bertz CT molecular complexity index is 834. The van der Waals surface area contributed by atoms with Gasteiger partial charge in [-0.25, -0.2) is 4.39 Å². The molecule has 0 aliphatic heterocycles. The van der Waals surface area contributed by atoms with E-state index in [0.29, 0.717) is 22.8 Å². The van der Waals surface area contributed by atoms with E-state index >= 15 is 0 Å². The SMILES string of the molecule is N#Cc1ccc(-c2nc(Cc3cccc(Cl)c3F)no2)[nH]1. The predicted molar refractivity (Wildman–Crippen MR) is 73.0 cm³/mol. The molecular weight excluding hydrogens is 295 g/mol. The summed E-state index contributed by atoms with van der Waals surface area (Å²) < 4.78 is 18.9. The largest absolute Gasteiger partial charge is 0.342 e. The second-order valence-corrected chi connectivity index (χ2v) is 4.71. The lowest BCUT2D eigenvalue weighted by Crippen LogP contribution is -1.95. The maximum absolute atomic E-state index is 13.8. The van der Waals surface area contributed by atoms with Crippen molar-refractivity contribution >= 4 is 11.6 Å². The van der Waals surface area contributed by atoms with Crippen LogP contribution in [0.3, 0.4) is 0 Å². The van der Waals surface area contributed by atoms with E-state index in [2.05, 4.69) is 15.1 Å². The summed E-state index contributed by atoms with van der Waals surface area (Å²) in [5.41, 5.74) is 1.32. The van der Waals surface area contributed by atoms with Gasteiger partial charge in [0, 0.05) is 6.42 Å². The molecule has 2 aromatic heterocycles. The molecule has 0 aliphatic carbocycles. The first-order valence-electron chi connectivity index (χ1n) is 6.02. The number of aromatic nitrogens is 3. The van der Waals surface area contributed by atoms with Crippen LogP contribution in [0.5, 0.6) is 0 Å². The van der Waals surface area contributed by atoms with Gasteiger partial charge < -0.3 is 9.51 Å². The average Bonchev–Trinajstić information content (AvgIpc) is 3.12. The summed E-state index contributed by atoms with van der Waals surface area (Å²) in [5, 5.41) is 12.6. The van der Waals surface area contributed by atoms with Gasteiger partial charge in [-0.1, -0.05) is 28.9 Å². The van der Waals surface area contributed by atoms with Crippen LogP contribution in [0.4, 0.5) is 4.39 Å². The van der Waals surface area contributed by atoms with Crippen LogP contribution in [-0.4, -0.2) is 15.1 Å². The smallest absolute Gasteiger partial charge is 0.274 e. The minimum atomic E-state index is -0.489. The third-order valence-corrected chi connectivity index (χ3v) is 3.18. The van der Waals surface area contributed by atoms with Crippen molar-refractivity contribution in [3.63, 3.8) is 0 Å². The summed E-state index contributed by atoms with van der Waals surface area (Å²) in [6, 6.07) is 9.98. The fourth-order valence-corrected chi connectivity index (χ4v) is 2.07. The summed E-state index contributed by atoms with van der Waals surface area (Å²) >= 11 is 5.73. The topological polar surface area (TPSA) is 78.5 Å². The van der Waals surface area contributed by atoms with Crippen LogP contribution in [0.1, 0.15) is 17.1 Å². The third-order valence-electron chi connectivity index (χ3n) is 2.89. The third kappa shape index (κ3) is 2.64. The van der Waals surface area contributed by atoms with Crippen molar-refractivity contribution in [1.29, 1.82) is 5.26 Å². The Morgan fingerprint density at radius 2 is 2.19 bits per heavy atom. The molecule has 3 rings (SSSR count). The number of nitrogens with zero attached hydrogens (tertiary/aromatic N) is 3. The van der Waals surface area contributed by atoms with E-state index < -0.39 is 5.82 Å². The van der Waals surface area contributed by atoms with Crippen molar-refractivity contribution in [2.75, 3.05) is 0 Å². The molecule has 0 saturated heterocycles. The van der Waals surface area contributed by atoms with Gasteiger partial charge >= 0.3 is 0 Å². The van der Waals surface area contributed by atoms with Gasteiger partial charge in [0.2, 0.25) is 0 Å². The zero-order chi connectivity index (χ0) is 14.8. The van der Waals surface area contributed by atoms with Crippen LogP contribution in [0.15, 0.2) is 34.9 Å². The Kier molecular flexibility index (Phi) is 3.42. The van der Waals surface area contributed by atoms with E-state index in [0.717, 1.165) is 0 Å². The van der Waals surface area contributed by atoms with Crippen LogP contribution in [0.25, 0.3) is 11.6 Å². The lowest BCUT2D eigenvalue weighted by Gasteiger charge is -2.00. The number of nitrogens with one attached hydrogen (secondary N) is 1. The van der Waals surface area contributed by atoms with Gasteiger partial charge in [-0.15, -0.1) is 0 Å². The Morgan fingerprint density at radius 3 is 2.95 bits per heavy atom. The zero-order valence-corrected chi connectivity index (χ0v) is 11.4. The second kappa shape index (κ2) is 5.38. The number of rotatable bonds is 3. The highest BCUT2D eigenvalue weighted by atomic mass is 35.5. The fourth-order valence-electron chi connectivity index (χ4n) is 1.88. The van der Waals surface area contributed by atoms with Crippen molar-refractivity contribution in [3.8, 4) is 17.7 Å². The molecule has 104 valence electrons. The zero-order valence-electron chi connectivity index (χ0n) is 10.6. The lowest BCUT2D eigenvalue weighted by atomic mass is 10.1. The number of aromatic amines is 1. The molecule has 7 heteroatoms. The highest BCUT2D eigenvalue weighted by Crippen LogP contribution is 2.21. The number of H-pyrrole nitrogens is 1. The Hall–Kier alpha value is -2.65. The summed E-state index contributed by atoms with van der Waals surface area (Å²) in [4.78, 5) is 6.99. The quantitative estimate of drug-likeness (QED) is 0.805. The summed E-state index contributed by atoms with van der Waals surface area (Å²) in [7, 11) is 0. The average molecular weight is 303 g/mol. The van der Waals surface area contributed by atoms with Gasteiger partial charge in [0.15, 0.2) is 5.82 Å². The first kappa shape index (κ1) is 13.3. The molecular formula is C14H8ClFN4O. The number of halogens is 2. The molecule has 3 aromatic rings. The highest BCUT2D eigenvalue weighted by Gasteiger charge is 2.14. The van der Waals surface area contributed by atoms with Gasteiger partial charge in [-0.2, -0.15) is 10.2 Å². The first-order valence-corrected chi connectivity index (χ1v) is 6.40. The van der Waals surface area contributed by atoms with Crippen molar-refractivity contribution in [2.45, 2.75) is 6.42 Å². The van der Waals surface area contributed by atoms with Gasteiger partial charge in [0.25, 0.3) is 5.89 Å². The maximum Gasteiger partial charge on any atom is 0.274 e. The van der Waals surface area contributed by atoms with Crippen LogP contribution < -0.4 is 0 Å². The molecule has 0 spiro atoms. The molecule has 21 heavy (non-hydrogen) atoms. The van der Waals surface area contributed by atoms with Gasteiger partial charge in [-0.05, 0) is 23.8 Å². The Balaban J connectivity index is 1.85. The molecule has 0 fully saturated rings. The van der Waals surface area contributed by atoms with Crippen LogP contribution in [0, 0.1) is 17.1 Å². The monoisotopic (exact) mass is 302 g/mol. The highest BCUT2D eigenvalue weighted by molar-refractivity contribution is 6.30. The van der Waals surface area contributed by atoms with E-state index in [1.807, 2.05) is 6.07 Å². The van der Waals surface area contributed by atoms with Crippen LogP contribution in [0.2, 0.25) is 5.02 Å². The molecule has 1 aromatic carbocycles. The van der Waals surface area contributed by atoms with Gasteiger partial charge in [-0.3, -0.25) is 0 Å². The van der Waals surface area contributed by atoms with E-state index in [-0.39, 0.29) is 17.3 Å². The Morgan fingerprint density at radius 1 is 1.33 bits per heavy atom. The van der Waals surface area contributed by atoms with Gasteiger partial charge in [0.1, 0.15) is 23.3 Å². The van der Waals surface area contributed by atoms with Gasteiger partial charge in [0.05, 0.1) is 5.02 Å². The second-order valence-electron chi connectivity index (χ2n) is 4.30. The molecule has 0 aliphatic rings. The number of benzene rings is 1. The molecule has 5 nitrogen and oxygen atoms in total. The predicted octanol–water partition coefficient (Wildman–Crippen LogP) is 3.32. The lowest BCUT2D eigenvalue weighted by molar-refractivity contribution is 0.422. The first-order chi connectivity index (χ1) is 10.2. The van der Waals surface area contributed by atoms with Crippen LogP contribution >= 0.6 is 11.6 Å². The Labute approximate surface area is 124 Å². The standard InChI is InChI=1S/C14H8ClFN4O/c15-10-3-1-2-8(13(10)16)6-12-19-14(21-20-12)11-5-4-9(7-17)18-11/h1-5,18H,6H2. The van der Waals surface area contributed by atoms with Crippen molar-refractivity contribution in [1.82, 2.24) is 15.1 Å². The minimum Gasteiger partial charge on any atom is -0.342 e. The number of hydrogen-bond acceptors (Lipinski definition) is 4. The van der Waals surface area contributed by atoms with E-state index in [4.69, 9.17) is 21.4 Å². The van der Waals surface area contributed by atoms with E-state index in [9.17, 15) is 4.39 Å². The molecule has 0 bridgehead atoms. The molecule has 1 N–H and O–H groups in total.